The van der Waals surface area contributed by atoms with Crippen molar-refractivity contribution in [2.24, 2.45) is 0 Å². The van der Waals surface area contributed by atoms with E-state index in [1.807, 2.05) is 0 Å². The Kier molecular flexibility index (Phi) is 6.54. The van der Waals surface area contributed by atoms with Gasteiger partial charge in [-0.2, -0.15) is 18.3 Å². The van der Waals surface area contributed by atoms with Gasteiger partial charge in [-0.05, 0) is 26.0 Å². The summed E-state index contributed by atoms with van der Waals surface area (Å²) in [6, 6.07) is 4.16. The van der Waals surface area contributed by atoms with E-state index in [0.29, 0.717) is 22.4 Å². The van der Waals surface area contributed by atoms with Crippen LogP contribution in [0.15, 0.2) is 30.6 Å². The second-order valence-corrected chi connectivity index (χ2v) is 7.13. The maximum atomic E-state index is 14.5. The summed E-state index contributed by atoms with van der Waals surface area (Å²) in [5, 5.41) is 13.5. The van der Waals surface area contributed by atoms with Crippen molar-refractivity contribution in [3.05, 3.63) is 52.7 Å². The van der Waals surface area contributed by atoms with Crippen LogP contribution < -0.4 is 0 Å². The Bertz CT molecular complexity index is 1010. The van der Waals surface area contributed by atoms with Gasteiger partial charge in [0.15, 0.2) is 5.69 Å². The van der Waals surface area contributed by atoms with E-state index in [1.54, 1.807) is 6.92 Å². The fraction of sp³-hybridized carbons (Fsp3) is 0.350. The lowest BCUT2D eigenvalue weighted by Gasteiger charge is -2.15. The Morgan fingerprint density at radius 2 is 2.03 bits per heavy atom. The van der Waals surface area contributed by atoms with Gasteiger partial charge in [0.1, 0.15) is 5.82 Å². The molecule has 0 amide bonds. The molecule has 30 heavy (non-hydrogen) atoms. The lowest BCUT2D eigenvalue weighted by molar-refractivity contribution is -0.144. The van der Waals surface area contributed by atoms with Crippen molar-refractivity contribution in [3.8, 4) is 22.4 Å². The summed E-state index contributed by atoms with van der Waals surface area (Å²) in [5.41, 5.74) is -0.446. The molecule has 0 saturated carbocycles. The van der Waals surface area contributed by atoms with Crippen molar-refractivity contribution in [2.45, 2.75) is 39.3 Å². The Labute approximate surface area is 175 Å². The zero-order chi connectivity index (χ0) is 22.1. The molecular formula is C20H20ClF4N3O2. The summed E-state index contributed by atoms with van der Waals surface area (Å²) < 4.78 is 62.2. The van der Waals surface area contributed by atoms with Crippen LogP contribution in [0.3, 0.4) is 0 Å². The van der Waals surface area contributed by atoms with Crippen LogP contribution in [0.1, 0.15) is 25.1 Å². The molecule has 3 rings (SSSR count). The zero-order valence-electron chi connectivity index (χ0n) is 16.2. The van der Waals surface area contributed by atoms with Crippen LogP contribution in [0, 0.1) is 5.82 Å². The predicted octanol–water partition coefficient (Wildman–Crippen LogP) is 5.27. The highest BCUT2D eigenvalue weighted by atomic mass is 35.5. The van der Waals surface area contributed by atoms with E-state index in [-0.39, 0.29) is 35.0 Å². The largest absolute Gasteiger partial charge is 0.433 e. The number of rotatable bonds is 7. The molecule has 1 atom stereocenters. The third-order valence-corrected chi connectivity index (χ3v) is 4.80. The molecule has 0 unspecified atom stereocenters. The van der Waals surface area contributed by atoms with E-state index >= 15 is 0 Å². The maximum Gasteiger partial charge on any atom is 0.433 e. The van der Waals surface area contributed by atoms with E-state index in [1.165, 1.54) is 31.3 Å². The van der Waals surface area contributed by atoms with Crippen LogP contribution >= 0.6 is 11.6 Å². The monoisotopic (exact) mass is 445 g/mol. The van der Waals surface area contributed by atoms with Gasteiger partial charge in [0, 0.05) is 35.1 Å². The van der Waals surface area contributed by atoms with Gasteiger partial charge in [-0.25, -0.2) is 4.39 Å². The first kappa shape index (κ1) is 22.3. The highest BCUT2D eigenvalue weighted by Crippen LogP contribution is 2.42. The lowest BCUT2D eigenvalue weighted by Crippen LogP contribution is -2.21. The van der Waals surface area contributed by atoms with Crippen LogP contribution in [-0.4, -0.2) is 32.6 Å². The van der Waals surface area contributed by atoms with Crippen LogP contribution in [0.25, 0.3) is 22.4 Å². The van der Waals surface area contributed by atoms with E-state index in [9.17, 15) is 22.7 Å². The molecule has 162 valence electrons. The SMILES string of the molecule is CCOCc1c(-c2c(F)cccc2Cl)c[nH]c1-c1cnn(C[C@@H](C)O)c1C(F)(F)F. The van der Waals surface area contributed by atoms with Crippen molar-refractivity contribution in [1.29, 1.82) is 0 Å². The zero-order valence-corrected chi connectivity index (χ0v) is 17.0. The van der Waals surface area contributed by atoms with E-state index in [4.69, 9.17) is 16.3 Å². The minimum atomic E-state index is -4.73. The Hall–Kier alpha value is -2.36. The number of aliphatic hydroxyl groups excluding tert-OH is 1. The number of hydrogen-bond acceptors (Lipinski definition) is 3. The average Bonchev–Trinajstić information content (AvgIpc) is 3.23. The van der Waals surface area contributed by atoms with Gasteiger partial charge < -0.3 is 14.8 Å². The van der Waals surface area contributed by atoms with Crippen molar-refractivity contribution < 1.29 is 27.4 Å². The number of hydrogen-bond donors (Lipinski definition) is 2. The fourth-order valence-corrected chi connectivity index (χ4v) is 3.55. The number of benzene rings is 1. The minimum absolute atomic E-state index is 0.0613. The summed E-state index contributed by atoms with van der Waals surface area (Å²) in [7, 11) is 0. The van der Waals surface area contributed by atoms with Gasteiger partial charge in [0.2, 0.25) is 0 Å². The molecule has 2 N–H and O–H groups in total. The van der Waals surface area contributed by atoms with Gasteiger partial charge in [-0.15, -0.1) is 0 Å². The molecule has 5 nitrogen and oxygen atoms in total. The summed E-state index contributed by atoms with van der Waals surface area (Å²) >= 11 is 6.17. The molecule has 0 aliphatic carbocycles. The molecule has 1 aromatic carbocycles. The van der Waals surface area contributed by atoms with E-state index < -0.39 is 23.8 Å². The summed E-state index contributed by atoms with van der Waals surface area (Å²) in [5.74, 6) is -0.605. The van der Waals surface area contributed by atoms with Crippen molar-refractivity contribution in [2.75, 3.05) is 6.61 Å². The third-order valence-electron chi connectivity index (χ3n) is 4.48. The first-order chi connectivity index (χ1) is 14.1. The molecule has 0 saturated heterocycles. The number of aromatic nitrogens is 3. The van der Waals surface area contributed by atoms with Gasteiger partial charge in [-0.3, -0.25) is 4.68 Å². The number of aromatic amines is 1. The van der Waals surface area contributed by atoms with Crippen LogP contribution in [0.2, 0.25) is 5.02 Å². The van der Waals surface area contributed by atoms with Crippen LogP contribution in [0.5, 0.6) is 0 Å². The molecule has 0 bridgehead atoms. The predicted molar refractivity (Wildman–Crippen MR) is 104 cm³/mol. The van der Waals surface area contributed by atoms with Gasteiger partial charge in [0.25, 0.3) is 0 Å². The Morgan fingerprint density at radius 1 is 1.30 bits per heavy atom. The smallest absolute Gasteiger partial charge is 0.391 e. The van der Waals surface area contributed by atoms with E-state index in [2.05, 4.69) is 10.1 Å². The molecule has 10 heteroatoms. The molecular weight excluding hydrogens is 426 g/mol. The molecule has 0 aliphatic heterocycles. The number of aliphatic hydroxyl groups is 1. The highest BCUT2D eigenvalue weighted by molar-refractivity contribution is 6.33. The molecule has 2 aromatic heterocycles. The first-order valence-corrected chi connectivity index (χ1v) is 9.56. The minimum Gasteiger partial charge on any atom is -0.391 e. The van der Waals surface area contributed by atoms with Gasteiger partial charge >= 0.3 is 6.18 Å². The summed E-state index contributed by atoms with van der Waals surface area (Å²) in [6.07, 6.45) is -3.29. The topological polar surface area (TPSA) is 63.1 Å². The number of H-pyrrole nitrogens is 1. The molecule has 0 fully saturated rings. The van der Waals surface area contributed by atoms with Crippen LogP contribution in [-0.2, 0) is 24.1 Å². The van der Waals surface area contributed by atoms with Crippen LogP contribution in [0.4, 0.5) is 17.6 Å². The standard InChI is InChI=1S/C20H20ClF4N3O2/c1-3-30-10-14-12(17-15(21)5-4-6-16(17)22)7-26-18(14)13-8-27-28(9-11(2)29)19(13)20(23,24)25/h4-8,11,26,29H,3,9-10H2,1-2H3/t11-/m1/s1. The molecule has 3 aromatic rings. The molecule has 2 heterocycles. The number of nitrogens with one attached hydrogen (secondary N) is 1. The second kappa shape index (κ2) is 8.79. The normalized spacial score (nSPS) is 13.1. The molecule has 0 spiro atoms. The molecule has 0 aliphatic rings. The Balaban J connectivity index is 2.23. The maximum absolute atomic E-state index is 14.5. The number of nitrogens with zero attached hydrogens (tertiary/aromatic N) is 2. The highest BCUT2D eigenvalue weighted by Gasteiger charge is 2.39. The quantitative estimate of drug-likeness (QED) is 0.487. The van der Waals surface area contributed by atoms with Gasteiger partial charge in [0.05, 0.1) is 36.2 Å². The second-order valence-electron chi connectivity index (χ2n) is 6.73. The first-order valence-electron chi connectivity index (χ1n) is 9.18. The van der Waals surface area contributed by atoms with Crippen molar-refractivity contribution in [3.63, 3.8) is 0 Å². The average molecular weight is 446 g/mol. The van der Waals surface area contributed by atoms with Gasteiger partial charge in [-0.1, -0.05) is 17.7 Å². The Morgan fingerprint density at radius 3 is 2.63 bits per heavy atom. The van der Waals surface area contributed by atoms with Crippen molar-refractivity contribution in [1.82, 2.24) is 14.8 Å². The number of ether oxygens (including phenoxy) is 1. The fourth-order valence-electron chi connectivity index (χ4n) is 3.28. The summed E-state index contributed by atoms with van der Waals surface area (Å²) in [4.78, 5) is 2.81. The number of alkyl halides is 3. The molecule has 0 radical (unpaired) electrons. The third kappa shape index (κ3) is 4.38. The number of halogens is 5. The summed E-state index contributed by atoms with van der Waals surface area (Å²) in [6.45, 7) is 3.03. The van der Waals surface area contributed by atoms with E-state index in [0.717, 1.165) is 6.20 Å². The van der Waals surface area contributed by atoms with Crippen molar-refractivity contribution >= 4 is 11.6 Å². The lowest BCUT2D eigenvalue weighted by atomic mass is 10.00.